The van der Waals surface area contributed by atoms with Gasteiger partial charge in [0, 0.05) is 17.6 Å². The molecule has 1 saturated heterocycles. The van der Waals surface area contributed by atoms with Gasteiger partial charge >= 0.3 is 0 Å². The largest absolute Gasteiger partial charge is 0.368 e. The van der Waals surface area contributed by atoms with Crippen molar-refractivity contribution in [2.45, 2.75) is 13.8 Å². The molecule has 0 N–H and O–H groups in total. The van der Waals surface area contributed by atoms with Crippen LogP contribution in [-0.2, 0) is 0 Å². The first-order valence-electron chi connectivity index (χ1n) is 4.78. The normalized spacial score (nSPS) is 18.9. The average molecular weight is 293 g/mol. The summed E-state index contributed by atoms with van der Waals surface area (Å²) < 4.78 is 13.7. The maximum Gasteiger partial charge on any atom is 0.125 e. The molecule has 0 aromatic heterocycles. The molecule has 0 amide bonds. The molecule has 2 rings (SSSR count). The Balaban J connectivity index is 2.30. The van der Waals surface area contributed by atoms with Crippen LogP contribution in [-0.4, -0.2) is 13.1 Å². The molecule has 82 valence electrons. The molecule has 1 aliphatic heterocycles. The second-order valence-electron chi connectivity index (χ2n) is 4.74. The Kier molecular flexibility index (Phi) is 2.72. The first-order chi connectivity index (χ1) is 6.89. The number of nitrogens with zero attached hydrogens (tertiary/aromatic N) is 1. The summed E-state index contributed by atoms with van der Waals surface area (Å²) in [6.07, 6.45) is 0. The van der Waals surface area contributed by atoms with Gasteiger partial charge in [0.1, 0.15) is 5.82 Å². The van der Waals surface area contributed by atoms with Crippen molar-refractivity contribution in [2.75, 3.05) is 18.0 Å². The Morgan fingerprint density at radius 1 is 1.40 bits per heavy atom. The van der Waals surface area contributed by atoms with Crippen LogP contribution in [0.1, 0.15) is 13.8 Å². The van der Waals surface area contributed by atoms with Crippen molar-refractivity contribution in [3.8, 4) is 0 Å². The van der Waals surface area contributed by atoms with E-state index in [-0.39, 0.29) is 5.82 Å². The van der Waals surface area contributed by atoms with E-state index in [4.69, 9.17) is 11.6 Å². The minimum absolute atomic E-state index is 0.310. The predicted molar refractivity (Wildman–Crippen MR) is 65.1 cm³/mol. The van der Waals surface area contributed by atoms with Crippen molar-refractivity contribution in [3.05, 3.63) is 27.4 Å². The van der Waals surface area contributed by atoms with Crippen molar-refractivity contribution in [3.63, 3.8) is 0 Å². The van der Waals surface area contributed by atoms with Gasteiger partial charge in [0.25, 0.3) is 0 Å². The van der Waals surface area contributed by atoms with Crippen LogP contribution in [0.25, 0.3) is 0 Å². The fraction of sp³-hybridized carbons (Fsp3) is 0.455. The van der Waals surface area contributed by atoms with Crippen LogP contribution in [0.2, 0.25) is 5.02 Å². The van der Waals surface area contributed by atoms with Crippen LogP contribution in [0.3, 0.4) is 0 Å². The predicted octanol–water partition coefficient (Wildman–Crippen LogP) is 4.09. The molecular formula is C11H12BrClFN. The number of rotatable bonds is 1. The lowest BCUT2D eigenvalue weighted by atomic mass is 9.84. The molecule has 1 aliphatic rings. The number of hydrogen-bond acceptors (Lipinski definition) is 1. The Morgan fingerprint density at radius 2 is 2.00 bits per heavy atom. The monoisotopic (exact) mass is 291 g/mol. The van der Waals surface area contributed by atoms with E-state index in [0.717, 1.165) is 23.2 Å². The van der Waals surface area contributed by atoms with Gasteiger partial charge < -0.3 is 4.90 Å². The third-order valence-electron chi connectivity index (χ3n) is 2.54. The molecule has 0 saturated carbocycles. The molecule has 0 bridgehead atoms. The smallest absolute Gasteiger partial charge is 0.125 e. The zero-order chi connectivity index (χ0) is 11.2. The maximum atomic E-state index is 13.0. The van der Waals surface area contributed by atoms with Gasteiger partial charge in [-0.1, -0.05) is 25.4 Å². The molecule has 0 atom stereocenters. The van der Waals surface area contributed by atoms with Crippen LogP contribution in [0.15, 0.2) is 16.6 Å². The summed E-state index contributed by atoms with van der Waals surface area (Å²) in [6, 6.07) is 2.81. The van der Waals surface area contributed by atoms with E-state index in [0.29, 0.717) is 10.4 Å². The highest BCUT2D eigenvalue weighted by Crippen LogP contribution is 2.41. The Bertz CT molecular complexity index is 375. The third-order valence-corrected chi connectivity index (χ3v) is 3.43. The first-order valence-corrected chi connectivity index (χ1v) is 5.96. The standard InChI is InChI=1S/C11H12BrClFN/c1-11(2)5-15(6-11)10-8(12)3-7(14)4-9(10)13/h3-4H,5-6H2,1-2H3. The van der Waals surface area contributed by atoms with Crippen molar-refractivity contribution in [2.24, 2.45) is 5.41 Å². The van der Waals surface area contributed by atoms with Crippen LogP contribution in [0, 0.1) is 11.2 Å². The highest BCUT2D eigenvalue weighted by molar-refractivity contribution is 9.10. The second kappa shape index (κ2) is 3.63. The van der Waals surface area contributed by atoms with Crippen LogP contribution < -0.4 is 4.90 Å². The molecule has 15 heavy (non-hydrogen) atoms. The van der Waals surface area contributed by atoms with Crippen LogP contribution in [0.4, 0.5) is 10.1 Å². The number of halogens is 3. The van der Waals surface area contributed by atoms with Crippen molar-refractivity contribution < 1.29 is 4.39 Å². The highest BCUT2D eigenvalue weighted by atomic mass is 79.9. The fourth-order valence-corrected chi connectivity index (χ4v) is 3.10. The van der Waals surface area contributed by atoms with Gasteiger partial charge in [-0.3, -0.25) is 0 Å². The second-order valence-corrected chi connectivity index (χ2v) is 6.00. The van der Waals surface area contributed by atoms with E-state index < -0.39 is 0 Å². The summed E-state index contributed by atoms with van der Waals surface area (Å²) in [5.41, 5.74) is 1.23. The Labute approximate surface area is 102 Å². The lowest BCUT2D eigenvalue weighted by Gasteiger charge is -2.48. The van der Waals surface area contributed by atoms with Gasteiger partial charge in [0.2, 0.25) is 0 Å². The van der Waals surface area contributed by atoms with Crippen molar-refractivity contribution >= 4 is 33.2 Å². The summed E-state index contributed by atoms with van der Waals surface area (Å²) >= 11 is 9.37. The SMILES string of the molecule is CC1(C)CN(c2c(Cl)cc(F)cc2Br)C1. The summed E-state index contributed by atoms with van der Waals surface area (Å²) in [7, 11) is 0. The van der Waals surface area contributed by atoms with E-state index >= 15 is 0 Å². The zero-order valence-electron chi connectivity index (χ0n) is 8.65. The minimum Gasteiger partial charge on any atom is -0.368 e. The Morgan fingerprint density at radius 3 is 2.47 bits per heavy atom. The van der Waals surface area contributed by atoms with Gasteiger partial charge in [-0.25, -0.2) is 4.39 Å². The molecule has 0 radical (unpaired) electrons. The third kappa shape index (κ3) is 2.13. The maximum absolute atomic E-state index is 13.0. The highest BCUT2D eigenvalue weighted by Gasteiger charge is 2.36. The molecule has 0 aliphatic carbocycles. The molecule has 1 aromatic carbocycles. The molecule has 1 aromatic rings. The van der Waals surface area contributed by atoms with Gasteiger partial charge in [-0.15, -0.1) is 0 Å². The number of hydrogen-bond donors (Lipinski definition) is 0. The minimum atomic E-state index is -0.310. The average Bonchev–Trinajstić information content (AvgIpc) is 1.98. The molecule has 0 spiro atoms. The number of benzene rings is 1. The lowest BCUT2D eigenvalue weighted by Crippen LogP contribution is -2.53. The molecule has 4 heteroatoms. The van der Waals surface area contributed by atoms with Crippen LogP contribution >= 0.6 is 27.5 Å². The van der Waals surface area contributed by atoms with E-state index in [1.165, 1.54) is 12.1 Å². The molecule has 0 unspecified atom stereocenters. The van der Waals surface area contributed by atoms with E-state index in [1.807, 2.05) is 0 Å². The topological polar surface area (TPSA) is 3.24 Å². The molecular weight excluding hydrogens is 280 g/mol. The molecule has 1 nitrogen and oxygen atoms in total. The summed E-state index contributed by atoms with van der Waals surface area (Å²) in [5.74, 6) is -0.310. The van der Waals surface area contributed by atoms with Gasteiger partial charge in [-0.05, 0) is 33.5 Å². The summed E-state index contributed by atoms with van der Waals surface area (Å²) in [5, 5.41) is 0.470. The van der Waals surface area contributed by atoms with Crippen LogP contribution in [0.5, 0.6) is 0 Å². The quantitative estimate of drug-likeness (QED) is 0.753. The zero-order valence-corrected chi connectivity index (χ0v) is 11.0. The van der Waals surface area contributed by atoms with Crippen molar-refractivity contribution in [1.82, 2.24) is 0 Å². The first kappa shape index (κ1) is 11.2. The van der Waals surface area contributed by atoms with Gasteiger partial charge in [-0.2, -0.15) is 0 Å². The lowest BCUT2D eigenvalue weighted by molar-refractivity contribution is 0.276. The van der Waals surface area contributed by atoms with Gasteiger partial charge in [0.15, 0.2) is 0 Å². The van der Waals surface area contributed by atoms with Gasteiger partial charge in [0.05, 0.1) is 10.7 Å². The number of anilines is 1. The van der Waals surface area contributed by atoms with E-state index in [1.54, 1.807) is 0 Å². The van der Waals surface area contributed by atoms with E-state index in [2.05, 4.69) is 34.7 Å². The van der Waals surface area contributed by atoms with E-state index in [9.17, 15) is 4.39 Å². The van der Waals surface area contributed by atoms with Crippen molar-refractivity contribution in [1.29, 1.82) is 0 Å². The summed E-state index contributed by atoms with van der Waals surface area (Å²) in [6.45, 7) is 6.32. The molecule has 1 fully saturated rings. The summed E-state index contributed by atoms with van der Waals surface area (Å²) in [4.78, 5) is 2.16. The Hall–Kier alpha value is -0.280. The fourth-order valence-electron chi connectivity index (χ4n) is 1.98. The molecule has 1 heterocycles.